The van der Waals surface area contributed by atoms with E-state index in [4.69, 9.17) is 0 Å². The van der Waals surface area contributed by atoms with Crippen LogP contribution in [0.4, 0.5) is 8.78 Å². The van der Waals surface area contributed by atoms with Gasteiger partial charge in [-0.05, 0) is 31.4 Å². The van der Waals surface area contributed by atoms with E-state index in [0.717, 1.165) is 12.8 Å². The molecule has 3 heterocycles. The highest BCUT2D eigenvalue weighted by molar-refractivity contribution is 5.94. The van der Waals surface area contributed by atoms with Crippen LogP contribution in [0, 0.1) is 0 Å². The van der Waals surface area contributed by atoms with E-state index >= 15 is 0 Å². The number of fused-ring (bicyclic) bond motifs is 1. The highest BCUT2D eigenvalue weighted by Gasteiger charge is 2.48. The maximum atomic E-state index is 14.3. The maximum Gasteiger partial charge on any atom is 0.401 e. The third kappa shape index (κ3) is 3.27. The number of nitrogens with zero attached hydrogens (tertiary/aromatic N) is 4. The average molecular weight is 393 g/mol. The number of carbonyl (C=O) groups is 2. The first-order chi connectivity index (χ1) is 13.4. The molecule has 8 nitrogen and oxygen atoms in total. The number of aromatic nitrogens is 3. The third-order valence-corrected chi connectivity index (χ3v) is 4.98. The van der Waals surface area contributed by atoms with E-state index in [2.05, 4.69) is 26.9 Å². The highest BCUT2D eigenvalue weighted by Crippen LogP contribution is 2.31. The number of carbonyl (C=O) groups excluding carboxylic acids is 2. The predicted octanol–water partition coefficient (Wildman–Crippen LogP) is 2.16. The Morgan fingerprint density at radius 3 is 2.79 bits per heavy atom. The Morgan fingerprint density at radius 1 is 1.32 bits per heavy atom. The van der Waals surface area contributed by atoms with Gasteiger partial charge in [0.25, 0.3) is 5.91 Å². The number of hydrogen-bond donors (Lipinski definition) is 1. The van der Waals surface area contributed by atoms with Crippen LogP contribution < -0.4 is 5.32 Å². The van der Waals surface area contributed by atoms with Crippen molar-refractivity contribution in [3.63, 3.8) is 0 Å². The number of amides is 2. The second-order valence-corrected chi connectivity index (χ2v) is 7.15. The van der Waals surface area contributed by atoms with Crippen molar-refractivity contribution in [2.45, 2.75) is 51.1 Å². The summed E-state index contributed by atoms with van der Waals surface area (Å²) in [6.45, 7) is 3.78. The van der Waals surface area contributed by atoms with Crippen LogP contribution in [0.2, 0.25) is 0 Å². The second-order valence-electron chi connectivity index (χ2n) is 7.15. The molecule has 1 N–H and O–H groups in total. The lowest BCUT2D eigenvalue weighted by Gasteiger charge is -2.29. The molecular formula is C18H21F2N5O3. The van der Waals surface area contributed by atoms with Gasteiger partial charge in [-0.25, -0.2) is 0 Å². The first-order valence-electron chi connectivity index (χ1n) is 9.44. The van der Waals surface area contributed by atoms with E-state index in [0.29, 0.717) is 43.9 Å². The molecule has 0 saturated heterocycles. The number of hydrogen-bond acceptors (Lipinski definition) is 5. The molecule has 2 amide bonds. The Balaban J connectivity index is 1.55. The third-order valence-electron chi connectivity index (χ3n) is 4.98. The lowest BCUT2D eigenvalue weighted by atomic mass is 10.2. The van der Waals surface area contributed by atoms with Crippen LogP contribution in [0.1, 0.15) is 49.0 Å². The zero-order chi connectivity index (χ0) is 19.9. The van der Waals surface area contributed by atoms with E-state index in [1.165, 1.54) is 0 Å². The summed E-state index contributed by atoms with van der Waals surface area (Å²) in [5.74, 6) is -6.58. The summed E-state index contributed by atoms with van der Waals surface area (Å²) in [7, 11) is 0. The minimum absolute atomic E-state index is 0.0741. The van der Waals surface area contributed by atoms with E-state index in [9.17, 15) is 18.4 Å². The maximum absolute atomic E-state index is 14.3. The van der Waals surface area contributed by atoms with Gasteiger partial charge in [0.2, 0.25) is 5.82 Å². The zero-order valence-corrected chi connectivity index (χ0v) is 15.5. The summed E-state index contributed by atoms with van der Waals surface area (Å²) in [6.07, 6.45) is 3.29. The van der Waals surface area contributed by atoms with E-state index in [1.807, 2.05) is 0 Å². The van der Waals surface area contributed by atoms with Crippen molar-refractivity contribution in [3.8, 4) is 11.5 Å². The number of rotatable bonds is 7. The van der Waals surface area contributed by atoms with Crippen LogP contribution in [0.5, 0.6) is 0 Å². The summed E-state index contributed by atoms with van der Waals surface area (Å²) < 4.78 is 35.0. The van der Waals surface area contributed by atoms with Gasteiger partial charge < -0.3 is 19.3 Å². The Labute approximate surface area is 159 Å². The Kier molecular flexibility index (Phi) is 4.64. The molecule has 2 aromatic heterocycles. The summed E-state index contributed by atoms with van der Waals surface area (Å²) >= 11 is 0. The van der Waals surface area contributed by atoms with Gasteiger partial charge >= 0.3 is 17.7 Å². The standard InChI is InChI=1S/C18H21F2N5O3/c1-2-3-8-24-9-10-25-12(6-7-13(25)15(24)26)14-22-17(28-23-14)18(19,20)16(27)21-11-4-5-11/h6-7,11H,2-5,8-10H2,1H3,(H,21,27). The van der Waals surface area contributed by atoms with Crippen molar-refractivity contribution in [1.82, 2.24) is 24.9 Å². The van der Waals surface area contributed by atoms with Crippen molar-refractivity contribution in [1.29, 1.82) is 0 Å². The molecule has 2 aliphatic rings. The smallest absolute Gasteiger partial charge is 0.348 e. The van der Waals surface area contributed by atoms with Gasteiger partial charge in [0.1, 0.15) is 5.69 Å². The molecule has 1 saturated carbocycles. The topological polar surface area (TPSA) is 93.3 Å². The van der Waals surface area contributed by atoms with Crippen molar-refractivity contribution >= 4 is 11.8 Å². The molecule has 0 atom stereocenters. The summed E-state index contributed by atoms with van der Waals surface area (Å²) in [5.41, 5.74) is 0.869. The van der Waals surface area contributed by atoms with Crippen molar-refractivity contribution in [2.75, 3.05) is 13.1 Å². The molecule has 1 aliphatic carbocycles. The fourth-order valence-corrected chi connectivity index (χ4v) is 3.19. The number of nitrogens with one attached hydrogen (secondary N) is 1. The highest BCUT2D eigenvalue weighted by atomic mass is 19.3. The molecule has 2 aromatic rings. The summed E-state index contributed by atoms with van der Waals surface area (Å²) in [5, 5.41) is 5.85. The molecule has 150 valence electrons. The van der Waals surface area contributed by atoms with Gasteiger partial charge in [0, 0.05) is 25.7 Å². The van der Waals surface area contributed by atoms with Crippen LogP contribution >= 0.6 is 0 Å². The van der Waals surface area contributed by atoms with Crippen molar-refractivity contribution < 1.29 is 22.9 Å². The molecule has 0 aromatic carbocycles. The summed E-state index contributed by atoms with van der Waals surface area (Å²) in [6, 6.07) is 3.03. The number of halogens is 2. The fourth-order valence-electron chi connectivity index (χ4n) is 3.19. The molecular weight excluding hydrogens is 372 g/mol. The number of unbranched alkanes of at least 4 members (excludes halogenated alkanes) is 1. The Hall–Kier alpha value is -2.78. The predicted molar refractivity (Wildman–Crippen MR) is 93.6 cm³/mol. The fraction of sp³-hybridized carbons (Fsp3) is 0.556. The average Bonchev–Trinajstić information content (AvgIpc) is 3.18. The molecule has 0 unspecified atom stereocenters. The van der Waals surface area contributed by atoms with Crippen LogP contribution in [0.3, 0.4) is 0 Å². The molecule has 10 heteroatoms. The molecule has 1 fully saturated rings. The lowest BCUT2D eigenvalue weighted by molar-refractivity contribution is -0.150. The minimum Gasteiger partial charge on any atom is -0.348 e. The molecule has 4 rings (SSSR count). The van der Waals surface area contributed by atoms with E-state index < -0.39 is 17.7 Å². The quantitative estimate of drug-likeness (QED) is 0.778. The molecule has 28 heavy (non-hydrogen) atoms. The van der Waals surface area contributed by atoms with Gasteiger partial charge in [0.15, 0.2) is 0 Å². The van der Waals surface area contributed by atoms with E-state index in [1.54, 1.807) is 21.6 Å². The molecule has 0 spiro atoms. The van der Waals surface area contributed by atoms with Crippen LogP contribution in [-0.4, -0.2) is 50.6 Å². The first-order valence-corrected chi connectivity index (χ1v) is 9.44. The van der Waals surface area contributed by atoms with Crippen LogP contribution in [0.15, 0.2) is 16.7 Å². The minimum atomic E-state index is -3.90. The summed E-state index contributed by atoms with van der Waals surface area (Å²) in [4.78, 5) is 29.9. The normalized spacial score (nSPS) is 17.0. The van der Waals surface area contributed by atoms with Crippen molar-refractivity contribution in [2.24, 2.45) is 0 Å². The number of alkyl halides is 2. The largest absolute Gasteiger partial charge is 0.401 e. The molecule has 1 aliphatic heterocycles. The van der Waals surface area contributed by atoms with Crippen molar-refractivity contribution in [3.05, 3.63) is 23.7 Å². The van der Waals surface area contributed by atoms with Gasteiger partial charge in [-0.2, -0.15) is 13.8 Å². The zero-order valence-electron chi connectivity index (χ0n) is 15.5. The van der Waals surface area contributed by atoms with Crippen LogP contribution in [-0.2, 0) is 17.3 Å². The van der Waals surface area contributed by atoms with Gasteiger partial charge in [-0.3, -0.25) is 9.59 Å². The second kappa shape index (κ2) is 6.99. The monoisotopic (exact) mass is 393 g/mol. The molecule has 0 bridgehead atoms. The molecule has 0 radical (unpaired) electrons. The van der Waals surface area contributed by atoms with Gasteiger partial charge in [-0.15, -0.1) is 0 Å². The first kappa shape index (κ1) is 18.6. The lowest BCUT2D eigenvalue weighted by Crippen LogP contribution is -2.40. The Morgan fingerprint density at radius 2 is 2.07 bits per heavy atom. The van der Waals surface area contributed by atoms with E-state index in [-0.39, 0.29) is 17.8 Å². The Bertz CT molecular complexity index is 903. The van der Waals surface area contributed by atoms with Gasteiger partial charge in [-0.1, -0.05) is 18.5 Å². The van der Waals surface area contributed by atoms with Gasteiger partial charge in [0.05, 0.1) is 5.69 Å². The SMILES string of the molecule is CCCCN1CCn2c(ccc2-c2noc(C(F)(F)C(=O)NC3CC3)n2)C1=O. The van der Waals surface area contributed by atoms with Crippen LogP contribution in [0.25, 0.3) is 11.5 Å².